The van der Waals surface area contributed by atoms with Gasteiger partial charge >= 0.3 is 0 Å². The zero-order chi connectivity index (χ0) is 14.4. The number of unbranched alkanes of at least 4 members (excludes halogenated alkanes) is 1. The van der Waals surface area contributed by atoms with Crippen molar-refractivity contribution in [1.29, 1.82) is 0 Å². The molecule has 2 aliphatic rings. The Morgan fingerprint density at radius 3 is 2.70 bits per heavy atom. The first-order valence-electron chi connectivity index (χ1n) is 8.33. The van der Waals surface area contributed by atoms with Crippen molar-refractivity contribution in [3.05, 3.63) is 0 Å². The number of rotatable bonds is 8. The predicted molar refractivity (Wildman–Crippen MR) is 86.9 cm³/mol. The van der Waals surface area contributed by atoms with E-state index in [2.05, 4.69) is 23.4 Å². The molecule has 2 atom stereocenters. The lowest BCUT2D eigenvalue weighted by Gasteiger charge is -2.29. The molecule has 1 heterocycles. The summed E-state index contributed by atoms with van der Waals surface area (Å²) >= 11 is 1.88. The van der Waals surface area contributed by atoms with E-state index in [9.17, 15) is 4.79 Å². The van der Waals surface area contributed by atoms with Gasteiger partial charge in [-0.2, -0.15) is 11.8 Å². The van der Waals surface area contributed by atoms with Crippen LogP contribution in [0.5, 0.6) is 0 Å². The van der Waals surface area contributed by atoms with E-state index in [0.29, 0.717) is 18.0 Å². The summed E-state index contributed by atoms with van der Waals surface area (Å²) in [6.45, 7) is 3.14. The van der Waals surface area contributed by atoms with Crippen molar-refractivity contribution in [2.75, 3.05) is 18.6 Å². The van der Waals surface area contributed by atoms with Crippen LogP contribution in [0, 0.1) is 5.92 Å². The molecular formula is C16H30N2OS. The molecule has 1 saturated carbocycles. The molecule has 0 aromatic rings. The third kappa shape index (κ3) is 3.91. The van der Waals surface area contributed by atoms with E-state index in [1.807, 2.05) is 11.8 Å². The van der Waals surface area contributed by atoms with E-state index in [4.69, 9.17) is 0 Å². The quantitative estimate of drug-likeness (QED) is 0.698. The second-order valence-electron chi connectivity index (χ2n) is 6.23. The first-order valence-corrected chi connectivity index (χ1v) is 9.72. The van der Waals surface area contributed by atoms with E-state index in [1.165, 1.54) is 32.1 Å². The molecule has 1 saturated heterocycles. The Labute approximate surface area is 128 Å². The Balaban J connectivity index is 1.96. The summed E-state index contributed by atoms with van der Waals surface area (Å²) in [7, 11) is 0. The van der Waals surface area contributed by atoms with Gasteiger partial charge in [0.05, 0.1) is 12.2 Å². The first kappa shape index (κ1) is 16.2. The van der Waals surface area contributed by atoms with Gasteiger partial charge in [0.2, 0.25) is 5.91 Å². The highest BCUT2D eigenvalue weighted by molar-refractivity contribution is 7.98. The van der Waals surface area contributed by atoms with E-state index < -0.39 is 0 Å². The van der Waals surface area contributed by atoms with Crippen molar-refractivity contribution < 1.29 is 4.79 Å². The summed E-state index contributed by atoms with van der Waals surface area (Å²) in [4.78, 5) is 14.8. The molecule has 20 heavy (non-hydrogen) atoms. The maximum Gasteiger partial charge on any atom is 0.241 e. The number of carbonyl (C=O) groups is 1. The van der Waals surface area contributed by atoms with Crippen LogP contribution in [0.25, 0.3) is 0 Å². The van der Waals surface area contributed by atoms with Crippen molar-refractivity contribution in [3.63, 3.8) is 0 Å². The molecule has 2 rings (SSSR count). The molecule has 1 N–H and O–H groups in total. The number of nitrogens with one attached hydrogen (secondary N) is 1. The number of hydrogen-bond donors (Lipinski definition) is 1. The molecule has 2 fully saturated rings. The Kier molecular flexibility index (Phi) is 6.69. The van der Waals surface area contributed by atoms with Crippen LogP contribution in [0.4, 0.5) is 0 Å². The third-order valence-electron chi connectivity index (χ3n) is 4.73. The van der Waals surface area contributed by atoms with Crippen molar-refractivity contribution >= 4 is 17.7 Å². The van der Waals surface area contributed by atoms with Crippen LogP contribution in [-0.4, -0.2) is 41.6 Å². The molecule has 0 aromatic carbocycles. The fourth-order valence-electron chi connectivity index (χ4n) is 3.61. The Morgan fingerprint density at radius 2 is 2.05 bits per heavy atom. The first-order chi connectivity index (χ1) is 9.77. The van der Waals surface area contributed by atoms with Gasteiger partial charge in [-0.3, -0.25) is 10.1 Å². The second-order valence-corrected chi connectivity index (χ2v) is 7.21. The van der Waals surface area contributed by atoms with Crippen LogP contribution < -0.4 is 5.32 Å². The van der Waals surface area contributed by atoms with Crippen LogP contribution >= 0.6 is 11.8 Å². The minimum atomic E-state index is 0.0924. The second kappa shape index (κ2) is 8.28. The van der Waals surface area contributed by atoms with Gasteiger partial charge in [0, 0.05) is 6.54 Å². The van der Waals surface area contributed by atoms with Gasteiger partial charge in [0.1, 0.15) is 0 Å². The lowest BCUT2D eigenvalue weighted by atomic mass is 10.0. The molecule has 1 aliphatic heterocycles. The Hall–Kier alpha value is -0.220. The Morgan fingerprint density at radius 1 is 1.30 bits per heavy atom. The Bertz CT molecular complexity index is 305. The molecule has 0 aromatic heterocycles. The number of thioether (sulfide) groups is 1. The minimum absolute atomic E-state index is 0.0924. The molecule has 0 bridgehead atoms. The van der Waals surface area contributed by atoms with E-state index in [-0.39, 0.29) is 6.04 Å². The van der Waals surface area contributed by atoms with E-state index >= 15 is 0 Å². The van der Waals surface area contributed by atoms with Gasteiger partial charge in [-0.25, -0.2) is 0 Å². The monoisotopic (exact) mass is 298 g/mol. The maximum atomic E-state index is 12.6. The molecule has 1 aliphatic carbocycles. The van der Waals surface area contributed by atoms with Crippen LogP contribution in [-0.2, 0) is 4.79 Å². The van der Waals surface area contributed by atoms with Crippen LogP contribution in [0.1, 0.15) is 58.3 Å². The number of carbonyl (C=O) groups excluding carboxylic acids is 1. The molecule has 4 heteroatoms. The molecule has 1 amide bonds. The summed E-state index contributed by atoms with van der Waals surface area (Å²) in [5.41, 5.74) is 0. The van der Waals surface area contributed by atoms with Crippen molar-refractivity contribution in [3.8, 4) is 0 Å². The lowest BCUT2D eigenvalue weighted by Crippen LogP contribution is -2.43. The maximum absolute atomic E-state index is 12.6. The van der Waals surface area contributed by atoms with Crippen molar-refractivity contribution in [2.24, 2.45) is 5.92 Å². The summed E-state index contributed by atoms with van der Waals surface area (Å²) in [6.07, 6.45) is 12.2. The van der Waals surface area contributed by atoms with Gasteiger partial charge in [-0.15, -0.1) is 0 Å². The number of nitrogens with zero attached hydrogens (tertiary/aromatic N) is 1. The third-order valence-corrected chi connectivity index (χ3v) is 5.43. The van der Waals surface area contributed by atoms with Crippen LogP contribution in [0.15, 0.2) is 0 Å². The SMILES string of the molecule is CCCCC1NC(C2CCCC2)N(CCCSC)C1=O. The standard InChI is InChI=1S/C16H30N2OS/c1-3-4-10-14-16(19)18(11-7-12-20-2)15(17-14)13-8-5-6-9-13/h13-15,17H,3-12H2,1-2H3. The fraction of sp³-hybridized carbons (Fsp3) is 0.938. The highest BCUT2D eigenvalue weighted by Crippen LogP contribution is 2.32. The highest BCUT2D eigenvalue weighted by Gasteiger charge is 2.42. The van der Waals surface area contributed by atoms with Crippen LogP contribution in [0.3, 0.4) is 0 Å². The summed E-state index contributed by atoms with van der Waals surface area (Å²) in [6, 6.07) is 0.0924. The largest absolute Gasteiger partial charge is 0.325 e. The minimum Gasteiger partial charge on any atom is -0.325 e. The van der Waals surface area contributed by atoms with Gasteiger partial charge in [-0.05, 0) is 43.6 Å². The van der Waals surface area contributed by atoms with Crippen molar-refractivity contribution in [2.45, 2.75) is 70.5 Å². The van der Waals surface area contributed by atoms with E-state index in [1.54, 1.807) is 0 Å². The molecule has 116 valence electrons. The topological polar surface area (TPSA) is 32.3 Å². The summed E-state index contributed by atoms with van der Waals surface area (Å²) < 4.78 is 0. The number of amides is 1. The average molecular weight is 298 g/mol. The summed E-state index contributed by atoms with van der Waals surface area (Å²) in [5.74, 6) is 2.22. The zero-order valence-corrected chi connectivity index (χ0v) is 13.9. The van der Waals surface area contributed by atoms with Gasteiger partial charge in [0.15, 0.2) is 0 Å². The molecule has 3 nitrogen and oxygen atoms in total. The van der Waals surface area contributed by atoms with E-state index in [0.717, 1.165) is 31.6 Å². The van der Waals surface area contributed by atoms with Crippen LogP contribution in [0.2, 0.25) is 0 Å². The lowest BCUT2D eigenvalue weighted by molar-refractivity contribution is -0.130. The molecular weight excluding hydrogens is 268 g/mol. The number of hydrogen-bond acceptors (Lipinski definition) is 3. The van der Waals surface area contributed by atoms with Gasteiger partial charge in [0.25, 0.3) is 0 Å². The summed E-state index contributed by atoms with van der Waals surface area (Å²) in [5, 5.41) is 3.66. The zero-order valence-electron chi connectivity index (χ0n) is 13.1. The normalized spacial score (nSPS) is 27.7. The molecule has 0 radical (unpaired) electrons. The highest BCUT2D eigenvalue weighted by atomic mass is 32.2. The molecule has 0 spiro atoms. The average Bonchev–Trinajstić information content (AvgIpc) is 3.07. The van der Waals surface area contributed by atoms with Gasteiger partial charge < -0.3 is 4.90 Å². The smallest absolute Gasteiger partial charge is 0.241 e. The van der Waals surface area contributed by atoms with Gasteiger partial charge in [-0.1, -0.05) is 32.6 Å². The van der Waals surface area contributed by atoms with Crippen molar-refractivity contribution in [1.82, 2.24) is 10.2 Å². The predicted octanol–water partition coefficient (Wildman–Crippen LogP) is 3.25. The fourth-order valence-corrected chi connectivity index (χ4v) is 4.03. The molecule has 2 unspecified atom stereocenters.